The van der Waals surface area contributed by atoms with Crippen LogP contribution in [0, 0.1) is 5.92 Å². The van der Waals surface area contributed by atoms with Gasteiger partial charge < -0.3 is 10.2 Å². The summed E-state index contributed by atoms with van der Waals surface area (Å²) in [5.74, 6) is 0.965. The van der Waals surface area contributed by atoms with E-state index in [4.69, 9.17) is 0 Å². The average Bonchev–Trinajstić information content (AvgIpc) is 3.12. The quantitative estimate of drug-likeness (QED) is 0.930. The Morgan fingerprint density at radius 2 is 2.29 bits per heavy atom. The Bertz CT molecular complexity index is 487. The first-order valence-electron chi connectivity index (χ1n) is 8.12. The van der Waals surface area contributed by atoms with Gasteiger partial charge in [-0.15, -0.1) is 11.3 Å². The van der Waals surface area contributed by atoms with E-state index in [0.29, 0.717) is 12.6 Å². The highest BCUT2D eigenvalue weighted by Crippen LogP contribution is 2.33. The second kappa shape index (κ2) is 6.44. The van der Waals surface area contributed by atoms with Crippen molar-refractivity contribution in [3.05, 3.63) is 16.1 Å². The molecule has 1 aliphatic heterocycles. The number of thiazole rings is 1. The van der Waals surface area contributed by atoms with E-state index >= 15 is 0 Å². The van der Waals surface area contributed by atoms with Crippen LogP contribution in [0.4, 0.5) is 0 Å². The molecule has 1 saturated carbocycles. The van der Waals surface area contributed by atoms with Crippen LogP contribution in [0.25, 0.3) is 0 Å². The lowest BCUT2D eigenvalue weighted by Crippen LogP contribution is -2.43. The molecule has 1 N–H and O–H groups in total. The fraction of sp³-hybridized carbons (Fsp3) is 0.750. The predicted octanol–water partition coefficient (Wildman–Crippen LogP) is 2.58. The molecule has 2 fully saturated rings. The molecule has 1 aliphatic carbocycles. The van der Waals surface area contributed by atoms with Crippen LogP contribution in [-0.2, 0) is 17.8 Å². The molecule has 0 aromatic carbocycles. The minimum Gasteiger partial charge on any atom is -0.339 e. The van der Waals surface area contributed by atoms with Crippen LogP contribution in [0.15, 0.2) is 6.20 Å². The van der Waals surface area contributed by atoms with E-state index in [1.54, 1.807) is 11.3 Å². The number of hydrogen-bond acceptors (Lipinski definition) is 4. The fourth-order valence-electron chi connectivity index (χ4n) is 3.67. The van der Waals surface area contributed by atoms with Gasteiger partial charge in [0.05, 0.1) is 17.6 Å². The Morgan fingerprint density at radius 3 is 3.00 bits per heavy atom. The van der Waals surface area contributed by atoms with E-state index in [9.17, 15) is 4.79 Å². The number of hydrogen-bond donors (Lipinski definition) is 1. The molecule has 5 heteroatoms. The minimum absolute atomic E-state index is 0.0293. The second-order valence-electron chi connectivity index (χ2n) is 6.37. The van der Waals surface area contributed by atoms with Gasteiger partial charge in [0.2, 0.25) is 5.91 Å². The Hall–Kier alpha value is -0.940. The molecule has 1 aromatic heterocycles. The van der Waals surface area contributed by atoms with E-state index in [1.807, 2.05) is 18.1 Å². The van der Waals surface area contributed by atoms with Crippen LogP contribution >= 0.6 is 11.3 Å². The maximum atomic E-state index is 12.6. The Balaban J connectivity index is 1.57. The van der Waals surface area contributed by atoms with Crippen molar-refractivity contribution in [1.29, 1.82) is 0 Å². The summed E-state index contributed by atoms with van der Waals surface area (Å²) in [5, 5.41) is 4.72. The van der Waals surface area contributed by atoms with Crippen molar-refractivity contribution in [2.24, 2.45) is 5.92 Å². The molecular formula is C16H25N3OS. The summed E-state index contributed by atoms with van der Waals surface area (Å²) in [6.07, 6.45) is 9.08. The zero-order chi connectivity index (χ0) is 14.8. The zero-order valence-electron chi connectivity index (χ0n) is 13.0. The number of fused-ring (bicyclic) bond motifs is 1. The predicted molar refractivity (Wildman–Crippen MR) is 85.3 cm³/mol. The van der Waals surface area contributed by atoms with Crippen molar-refractivity contribution in [1.82, 2.24) is 15.2 Å². The van der Waals surface area contributed by atoms with Gasteiger partial charge in [0.1, 0.15) is 0 Å². The number of rotatable bonds is 4. The molecule has 0 bridgehead atoms. The number of carbonyl (C=O) groups excluding carboxylic acids is 1. The summed E-state index contributed by atoms with van der Waals surface area (Å²) in [6, 6.07) is 0.609. The van der Waals surface area contributed by atoms with Crippen molar-refractivity contribution in [3.63, 3.8) is 0 Å². The van der Waals surface area contributed by atoms with E-state index in [1.165, 1.54) is 30.6 Å². The van der Waals surface area contributed by atoms with Crippen molar-refractivity contribution in [2.45, 2.75) is 64.1 Å². The topological polar surface area (TPSA) is 45.2 Å². The van der Waals surface area contributed by atoms with Gasteiger partial charge in [0.25, 0.3) is 0 Å². The SMILES string of the molecule is CCc1ncc(CN(C)C(=O)C2CC3CCCCC3N2)s1. The van der Waals surface area contributed by atoms with Gasteiger partial charge in [0.15, 0.2) is 0 Å². The van der Waals surface area contributed by atoms with Crippen LogP contribution in [0.2, 0.25) is 0 Å². The minimum atomic E-state index is 0.0293. The van der Waals surface area contributed by atoms with E-state index in [-0.39, 0.29) is 11.9 Å². The van der Waals surface area contributed by atoms with Gasteiger partial charge in [-0.3, -0.25) is 4.79 Å². The van der Waals surface area contributed by atoms with Crippen LogP contribution in [0.5, 0.6) is 0 Å². The first-order valence-corrected chi connectivity index (χ1v) is 8.93. The van der Waals surface area contributed by atoms with Crippen molar-refractivity contribution >= 4 is 17.2 Å². The largest absolute Gasteiger partial charge is 0.339 e. The number of likely N-dealkylation sites (N-methyl/N-ethyl adjacent to an activating group) is 1. The summed E-state index contributed by atoms with van der Waals surface area (Å²) < 4.78 is 0. The zero-order valence-corrected chi connectivity index (χ0v) is 13.8. The Labute approximate surface area is 130 Å². The maximum absolute atomic E-state index is 12.6. The molecule has 4 nitrogen and oxygen atoms in total. The molecule has 3 unspecified atom stereocenters. The van der Waals surface area contributed by atoms with Gasteiger partial charge in [-0.1, -0.05) is 19.8 Å². The third-order valence-electron chi connectivity index (χ3n) is 4.83. The summed E-state index contributed by atoms with van der Waals surface area (Å²) >= 11 is 1.72. The Kier molecular flexibility index (Phi) is 4.60. The van der Waals surface area contributed by atoms with Crippen molar-refractivity contribution in [3.8, 4) is 0 Å². The highest BCUT2D eigenvalue weighted by atomic mass is 32.1. The Morgan fingerprint density at radius 1 is 1.48 bits per heavy atom. The number of aryl methyl sites for hydroxylation is 1. The number of carbonyl (C=O) groups is 1. The second-order valence-corrected chi connectivity index (χ2v) is 7.57. The van der Waals surface area contributed by atoms with Crippen LogP contribution < -0.4 is 5.32 Å². The molecule has 3 rings (SSSR count). The summed E-state index contributed by atoms with van der Waals surface area (Å²) in [4.78, 5) is 20.0. The van der Waals surface area contributed by atoms with Gasteiger partial charge in [-0.05, 0) is 31.6 Å². The van der Waals surface area contributed by atoms with Crippen molar-refractivity contribution in [2.75, 3.05) is 7.05 Å². The van der Waals surface area contributed by atoms with E-state index in [0.717, 1.165) is 23.8 Å². The summed E-state index contributed by atoms with van der Waals surface area (Å²) in [7, 11) is 1.91. The molecule has 2 aliphatic rings. The lowest BCUT2D eigenvalue weighted by atomic mass is 9.85. The van der Waals surface area contributed by atoms with Crippen LogP contribution in [0.3, 0.4) is 0 Å². The first-order chi connectivity index (χ1) is 10.2. The van der Waals surface area contributed by atoms with E-state index in [2.05, 4.69) is 17.2 Å². The summed E-state index contributed by atoms with van der Waals surface area (Å²) in [6.45, 7) is 2.80. The van der Waals surface area contributed by atoms with Gasteiger partial charge >= 0.3 is 0 Å². The highest BCUT2D eigenvalue weighted by molar-refractivity contribution is 7.11. The molecule has 21 heavy (non-hydrogen) atoms. The molecule has 1 aromatic rings. The van der Waals surface area contributed by atoms with E-state index < -0.39 is 0 Å². The smallest absolute Gasteiger partial charge is 0.239 e. The lowest BCUT2D eigenvalue weighted by molar-refractivity contribution is -0.132. The van der Waals surface area contributed by atoms with Crippen LogP contribution in [0.1, 0.15) is 48.9 Å². The van der Waals surface area contributed by atoms with Crippen molar-refractivity contribution < 1.29 is 4.79 Å². The first kappa shape index (κ1) is 15.0. The van der Waals surface area contributed by atoms with Gasteiger partial charge in [0, 0.05) is 24.2 Å². The molecular weight excluding hydrogens is 282 g/mol. The third kappa shape index (κ3) is 3.29. The standard InChI is InChI=1S/C16H25N3OS/c1-3-15-17-9-12(21-15)10-19(2)16(20)14-8-11-6-4-5-7-13(11)18-14/h9,11,13-14,18H,3-8,10H2,1-2H3. The number of aromatic nitrogens is 1. The molecule has 116 valence electrons. The summed E-state index contributed by atoms with van der Waals surface area (Å²) in [5.41, 5.74) is 0. The third-order valence-corrected chi connectivity index (χ3v) is 5.96. The van der Waals surface area contributed by atoms with Gasteiger partial charge in [-0.2, -0.15) is 0 Å². The van der Waals surface area contributed by atoms with Crippen LogP contribution in [-0.4, -0.2) is 34.9 Å². The number of nitrogens with one attached hydrogen (secondary N) is 1. The average molecular weight is 307 g/mol. The lowest BCUT2D eigenvalue weighted by Gasteiger charge is -2.24. The molecule has 2 heterocycles. The highest BCUT2D eigenvalue weighted by Gasteiger charge is 2.39. The molecule has 3 atom stereocenters. The van der Waals surface area contributed by atoms with Gasteiger partial charge in [-0.25, -0.2) is 4.98 Å². The molecule has 1 amide bonds. The fourth-order valence-corrected chi connectivity index (χ4v) is 4.59. The number of nitrogens with zero attached hydrogens (tertiary/aromatic N) is 2. The molecule has 0 spiro atoms. The normalized spacial score (nSPS) is 28.4. The monoisotopic (exact) mass is 307 g/mol. The molecule has 0 radical (unpaired) electrons. The number of amides is 1. The molecule has 1 saturated heterocycles. The maximum Gasteiger partial charge on any atom is 0.239 e.